The van der Waals surface area contributed by atoms with Gasteiger partial charge in [0.1, 0.15) is 0 Å². The van der Waals surface area contributed by atoms with Crippen molar-refractivity contribution >= 4 is 40.6 Å². The fourth-order valence-electron chi connectivity index (χ4n) is 2.36. The number of carbonyl (C=O) groups excluding carboxylic acids is 2. The van der Waals surface area contributed by atoms with Gasteiger partial charge < -0.3 is 20.1 Å². The number of hydrogen-bond donors (Lipinski definition) is 2. The average molecular weight is 386 g/mol. The quantitative estimate of drug-likeness (QED) is 0.570. The fraction of sp³-hybridized carbons (Fsp3) is 0.250. The predicted octanol–water partition coefficient (Wildman–Crippen LogP) is 4.16. The lowest BCUT2D eigenvalue weighted by Gasteiger charge is -2.15. The third-order valence-corrected chi connectivity index (χ3v) is 3.87. The van der Waals surface area contributed by atoms with Crippen molar-refractivity contribution < 1.29 is 19.1 Å². The van der Waals surface area contributed by atoms with Crippen LogP contribution in [0.5, 0.6) is 0 Å². The summed E-state index contributed by atoms with van der Waals surface area (Å²) in [6.45, 7) is 5.91. The van der Waals surface area contributed by atoms with Crippen LogP contribution in [0.25, 0.3) is 0 Å². The molecule has 142 valence electrons. The number of carbonyl (C=O) groups is 2. The van der Waals surface area contributed by atoms with Gasteiger partial charge in [-0.05, 0) is 62.8 Å². The second kappa shape index (κ2) is 9.68. The van der Waals surface area contributed by atoms with Crippen molar-refractivity contribution in [3.63, 3.8) is 0 Å². The van der Waals surface area contributed by atoms with Crippen LogP contribution in [0.2, 0.25) is 0 Å². The Bertz CT molecular complexity index is 852. The second-order valence-corrected chi connectivity index (χ2v) is 6.00. The minimum absolute atomic E-state index is 0.240. The van der Waals surface area contributed by atoms with Crippen LogP contribution in [-0.2, 0) is 9.47 Å². The second-order valence-electron chi connectivity index (χ2n) is 5.60. The number of benzene rings is 2. The van der Waals surface area contributed by atoms with Gasteiger partial charge in [0, 0.05) is 5.69 Å². The normalized spacial score (nSPS) is 10.0. The van der Waals surface area contributed by atoms with Crippen molar-refractivity contribution in [3.05, 3.63) is 59.2 Å². The molecule has 6 nitrogen and oxygen atoms in total. The highest BCUT2D eigenvalue weighted by molar-refractivity contribution is 7.80. The summed E-state index contributed by atoms with van der Waals surface area (Å²) in [5, 5.41) is 6.35. The molecule has 0 radical (unpaired) electrons. The third kappa shape index (κ3) is 5.52. The van der Waals surface area contributed by atoms with Gasteiger partial charge in [0.15, 0.2) is 5.11 Å². The molecule has 0 amide bonds. The van der Waals surface area contributed by atoms with Gasteiger partial charge in [0.2, 0.25) is 0 Å². The van der Waals surface area contributed by atoms with Crippen molar-refractivity contribution in [2.45, 2.75) is 20.8 Å². The number of rotatable bonds is 6. The Balaban J connectivity index is 2.28. The molecule has 0 heterocycles. The van der Waals surface area contributed by atoms with E-state index < -0.39 is 11.9 Å². The molecule has 2 N–H and O–H groups in total. The summed E-state index contributed by atoms with van der Waals surface area (Å²) in [6.07, 6.45) is 0. The highest BCUT2D eigenvalue weighted by Gasteiger charge is 2.17. The van der Waals surface area contributed by atoms with Gasteiger partial charge in [-0.15, -0.1) is 0 Å². The fourth-order valence-corrected chi connectivity index (χ4v) is 2.58. The molecule has 0 unspecified atom stereocenters. The summed E-state index contributed by atoms with van der Waals surface area (Å²) < 4.78 is 10.1. The molecule has 0 saturated carbocycles. The number of aryl methyl sites for hydroxylation is 1. The van der Waals surface area contributed by atoms with Crippen LogP contribution in [0.15, 0.2) is 42.5 Å². The summed E-state index contributed by atoms with van der Waals surface area (Å²) in [7, 11) is 0. The van der Waals surface area contributed by atoms with Crippen LogP contribution < -0.4 is 10.6 Å². The Hall–Kier alpha value is -2.93. The maximum atomic E-state index is 12.2. The lowest BCUT2D eigenvalue weighted by Crippen LogP contribution is -2.22. The lowest BCUT2D eigenvalue weighted by atomic mass is 10.1. The molecule has 27 heavy (non-hydrogen) atoms. The summed E-state index contributed by atoms with van der Waals surface area (Å²) >= 11 is 5.36. The topological polar surface area (TPSA) is 76.7 Å². The zero-order chi connectivity index (χ0) is 19.8. The van der Waals surface area contributed by atoms with E-state index in [1.807, 2.05) is 31.2 Å². The number of thiocarbonyl (C=S) groups is 1. The number of esters is 2. The number of anilines is 2. The van der Waals surface area contributed by atoms with Crippen LogP contribution >= 0.6 is 12.2 Å². The highest BCUT2D eigenvalue weighted by atomic mass is 32.1. The van der Waals surface area contributed by atoms with Crippen molar-refractivity contribution in [3.8, 4) is 0 Å². The number of para-hydroxylation sites is 1. The van der Waals surface area contributed by atoms with E-state index >= 15 is 0 Å². The lowest BCUT2D eigenvalue weighted by molar-refractivity contribution is 0.0512. The van der Waals surface area contributed by atoms with Crippen LogP contribution in [0, 0.1) is 6.92 Å². The Labute approximate surface area is 163 Å². The molecule has 0 aliphatic carbocycles. The largest absolute Gasteiger partial charge is 0.462 e. The molecule has 2 rings (SSSR count). The number of ether oxygens (including phenoxy) is 2. The maximum Gasteiger partial charge on any atom is 0.340 e. The Kier molecular flexibility index (Phi) is 7.31. The molecule has 2 aromatic carbocycles. The summed E-state index contributed by atoms with van der Waals surface area (Å²) in [5.41, 5.74) is 2.82. The first kappa shape index (κ1) is 20.4. The zero-order valence-electron chi connectivity index (χ0n) is 15.5. The number of hydrogen-bond acceptors (Lipinski definition) is 5. The Morgan fingerprint density at radius 2 is 1.56 bits per heavy atom. The van der Waals surface area contributed by atoms with Crippen molar-refractivity contribution in [2.75, 3.05) is 23.8 Å². The Morgan fingerprint density at radius 3 is 2.22 bits per heavy atom. The zero-order valence-corrected chi connectivity index (χ0v) is 16.3. The van der Waals surface area contributed by atoms with E-state index in [1.54, 1.807) is 13.8 Å². The minimum Gasteiger partial charge on any atom is -0.462 e. The van der Waals surface area contributed by atoms with Gasteiger partial charge in [-0.2, -0.15) is 0 Å². The molecule has 2 aromatic rings. The van der Waals surface area contributed by atoms with Gasteiger partial charge in [0.25, 0.3) is 0 Å². The molecule has 0 atom stereocenters. The highest BCUT2D eigenvalue weighted by Crippen LogP contribution is 2.21. The minimum atomic E-state index is -0.505. The molecule has 0 bridgehead atoms. The molecular formula is C20H22N2O4S. The summed E-state index contributed by atoms with van der Waals surface area (Å²) in [4.78, 5) is 24.2. The van der Waals surface area contributed by atoms with Gasteiger partial charge >= 0.3 is 11.9 Å². The van der Waals surface area contributed by atoms with Gasteiger partial charge in [-0.25, -0.2) is 9.59 Å². The van der Waals surface area contributed by atoms with Crippen molar-refractivity contribution in [1.29, 1.82) is 0 Å². The molecule has 7 heteroatoms. The van der Waals surface area contributed by atoms with Crippen LogP contribution in [-0.4, -0.2) is 30.3 Å². The molecule has 0 spiro atoms. The molecule has 0 saturated heterocycles. The molecular weight excluding hydrogens is 364 g/mol. The molecule has 0 fully saturated rings. The maximum absolute atomic E-state index is 12.2. The average Bonchev–Trinajstić information content (AvgIpc) is 2.64. The van der Waals surface area contributed by atoms with Crippen LogP contribution in [0.1, 0.15) is 40.1 Å². The number of nitrogens with one attached hydrogen (secondary N) is 2. The van der Waals surface area contributed by atoms with E-state index in [4.69, 9.17) is 21.7 Å². The van der Waals surface area contributed by atoms with Crippen LogP contribution in [0.4, 0.5) is 11.4 Å². The summed E-state index contributed by atoms with van der Waals surface area (Å²) in [5.74, 6) is -0.983. The Morgan fingerprint density at radius 1 is 0.926 bits per heavy atom. The summed E-state index contributed by atoms with van der Waals surface area (Å²) in [6, 6.07) is 12.2. The predicted molar refractivity (Wildman–Crippen MR) is 109 cm³/mol. The van der Waals surface area contributed by atoms with E-state index in [0.29, 0.717) is 11.3 Å². The first-order valence-corrected chi connectivity index (χ1v) is 8.99. The van der Waals surface area contributed by atoms with E-state index in [0.717, 1.165) is 11.3 Å². The van der Waals surface area contributed by atoms with E-state index in [9.17, 15) is 9.59 Å². The van der Waals surface area contributed by atoms with Gasteiger partial charge in [-0.3, -0.25) is 0 Å². The standard InChI is InChI=1S/C20H22N2O4S/c1-4-25-18(23)14-10-11-15(19(24)26-5-2)17(12-14)22-20(27)21-16-9-7-6-8-13(16)3/h6-12H,4-5H2,1-3H3,(H2,21,22,27). The molecule has 0 aliphatic heterocycles. The SMILES string of the molecule is CCOC(=O)c1ccc(C(=O)OCC)c(NC(=S)Nc2ccccc2C)c1. The third-order valence-electron chi connectivity index (χ3n) is 3.67. The van der Waals surface area contributed by atoms with Crippen molar-refractivity contribution in [1.82, 2.24) is 0 Å². The van der Waals surface area contributed by atoms with E-state index in [2.05, 4.69) is 10.6 Å². The smallest absolute Gasteiger partial charge is 0.340 e. The molecule has 0 aliphatic rings. The van der Waals surface area contributed by atoms with Gasteiger partial charge in [0.05, 0.1) is 30.0 Å². The first-order chi connectivity index (χ1) is 13.0. The molecule has 0 aromatic heterocycles. The van der Waals surface area contributed by atoms with Crippen LogP contribution in [0.3, 0.4) is 0 Å². The monoisotopic (exact) mass is 386 g/mol. The first-order valence-electron chi connectivity index (χ1n) is 8.58. The van der Waals surface area contributed by atoms with E-state index in [-0.39, 0.29) is 23.9 Å². The van der Waals surface area contributed by atoms with E-state index in [1.165, 1.54) is 18.2 Å². The van der Waals surface area contributed by atoms with Gasteiger partial charge in [-0.1, -0.05) is 18.2 Å². The van der Waals surface area contributed by atoms with Crippen molar-refractivity contribution in [2.24, 2.45) is 0 Å².